The van der Waals surface area contributed by atoms with Gasteiger partial charge in [0, 0.05) is 10.3 Å². The zero-order chi connectivity index (χ0) is 17.0. The molecule has 0 saturated carbocycles. The standard InChI is InChI=1S/C18H15N5OS/c1-9-19-16(14-11-6-4-8-13(11)25-17(14)20-9)22-15-10-5-2-3-7-12(10)21-18(24)23-15/h2-3,5,7H,4,6,8H2,1H3,(H2,19,20,21,22,23,24). The summed E-state index contributed by atoms with van der Waals surface area (Å²) >= 11 is 1.75. The molecule has 3 aromatic heterocycles. The molecule has 1 aromatic carbocycles. The molecule has 3 heterocycles. The molecule has 0 unspecified atom stereocenters. The second kappa shape index (κ2) is 5.35. The first kappa shape index (κ1) is 14.5. The van der Waals surface area contributed by atoms with Crippen molar-refractivity contribution in [3.05, 3.63) is 51.0 Å². The molecule has 0 radical (unpaired) electrons. The van der Waals surface area contributed by atoms with Gasteiger partial charge in [0.25, 0.3) is 0 Å². The van der Waals surface area contributed by atoms with Gasteiger partial charge in [-0.25, -0.2) is 14.8 Å². The number of aromatic nitrogens is 4. The van der Waals surface area contributed by atoms with Crippen molar-refractivity contribution in [2.45, 2.75) is 26.2 Å². The van der Waals surface area contributed by atoms with Gasteiger partial charge in [-0.3, -0.25) is 0 Å². The number of nitrogens with one attached hydrogen (secondary N) is 2. The fraction of sp³-hybridized carbons (Fsp3) is 0.222. The van der Waals surface area contributed by atoms with Gasteiger partial charge in [0.15, 0.2) is 0 Å². The van der Waals surface area contributed by atoms with E-state index in [9.17, 15) is 4.79 Å². The van der Waals surface area contributed by atoms with Crippen molar-refractivity contribution in [1.29, 1.82) is 0 Å². The highest BCUT2D eigenvalue weighted by molar-refractivity contribution is 7.19. The van der Waals surface area contributed by atoms with Gasteiger partial charge in [-0.2, -0.15) is 4.98 Å². The number of hydrogen-bond donors (Lipinski definition) is 2. The average Bonchev–Trinajstić information content (AvgIpc) is 3.14. The molecule has 6 nitrogen and oxygen atoms in total. The molecule has 0 saturated heterocycles. The van der Waals surface area contributed by atoms with E-state index >= 15 is 0 Å². The van der Waals surface area contributed by atoms with E-state index < -0.39 is 0 Å². The number of fused-ring (bicyclic) bond motifs is 4. The summed E-state index contributed by atoms with van der Waals surface area (Å²) in [6, 6.07) is 7.62. The molecule has 1 aliphatic carbocycles. The summed E-state index contributed by atoms with van der Waals surface area (Å²) in [6.45, 7) is 1.89. The minimum absolute atomic E-state index is 0.376. The first-order chi connectivity index (χ1) is 12.2. The molecule has 7 heteroatoms. The highest BCUT2D eigenvalue weighted by atomic mass is 32.1. The number of benzene rings is 1. The highest BCUT2D eigenvalue weighted by Crippen LogP contribution is 2.40. The van der Waals surface area contributed by atoms with E-state index in [-0.39, 0.29) is 5.69 Å². The lowest BCUT2D eigenvalue weighted by atomic mass is 10.2. The molecule has 0 aliphatic heterocycles. The molecule has 25 heavy (non-hydrogen) atoms. The van der Waals surface area contributed by atoms with Crippen molar-refractivity contribution < 1.29 is 0 Å². The van der Waals surface area contributed by atoms with E-state index in [4.69, 9.17) is 0 Å². The Morgan fingerprint density at radius 3 is 2.92 bits per heavy atom. The maximum absolute atomic E-state index is 11.9. The number of hydrogen-bond acceptors (Lipinski definition) is 6. The number of aromatic amines is 1. The maximum atomic E-state index is 11.9. The van der Waals surface area contributed by atoms with Gasteiger partial charge in [-0.1, -0.05) is 12.1 Å². The zero-order valence-corrected chi connectivity index (χ0v) is 14.4. The first-order valence-corrected chi connectivity index (χ1v) is 9.05. The van der Waals surface area contributed by atoms with Gasteiger partial charge in [-0.05, 0) is 43.9 Å². The predicted octanol–water partition coefficient (Wildman–Crippen LogP) is 3.47. The maximum Gasteiger partial charge on any atom is 0.347 e. The van der Waals surface area contributed by atoms with Gasteiger partial charge >= 0.3 is 5.69 Å². The summed E-state index contributed by atoms with van der Waals surface area (Å²) < 4.78 is 0. The van der Waals surface area contributed by atoms with Crippen molar-refractivity contribution in [1.82, 2.24) is 19.9 Å². The molecule has 0 spiro atoms. The number of rotatable bonds is 2. The van der Waals surface area contributed by atoms with Crippen LogP contribution in [0.25, 0.3) is 21.1 Å². The number of thiophene rings is 1. The normalized spacial score (nSPS) is 13.5. The molecule has 2 N–H and O–H groups in total. The lowest BCUT2D eigenvalue weighted by Gasteiger charge is -2.10. The average molecular weight is 349 g/mol. The molecule has 0 fully saturated rings. The topological polar surface area (TPSA) is 83.6 Å². The Balaban J connectivity index is 1.74. The Bertz CT molecular complexity index is 1190. The van der Waals surface area contributed by atoms with Crippen LogP contribution in [0.2, 0.25) is 0 Å². The largest absolute Gasteiger partial charge is 0.347 e. The number of para-hydroxylation sites is 1. The van der Waals surface area contributed by atoms with Crippen molar-refractivity contribution in [3.8, 4) is 0 Å². The third-order valence-corrected chi connectivity index (χ3v) is 5.74. The van der Waals surface area contributed by atoms with Crippen molar-refractivity contribution in [3.63, 3.8) is 0 Å². The molecule has 0 amide bonds. The van der Waals surface area contributed by atoms with E-state index in [1.165, 1.54) is 16.9 Å². The smallest absolute Gasteiger partial charge is 0.324 e. The molecular formula is C18H15N5OS. The van der Waals surface area contributed by atoms with Crippen LogP contribution in [-0.2, 0) is 12.8 Å². The molecule has 5 rings (SSSR count). The third-order valence-electron chi connectivity index (χ3n) is 4.55. The summed E-state index contributed by atoms with van der Waals surface area (Å²) in [5, 5.41) is 5.25. The van der Waals surface area contributed by atoms with E-state index in [0.717, 1.165) is 39.8 Å². The number of anilines is 2. The van der Waals surface area contributed by atoms with Gasteiger partial charge in [0.05, 0.1) is 10.9 Å². The van der Waals surface area contributed by atoms with Crippen LogP contribution in [0, 0.1) is 6.92 Å². The monoisotopic (exact) mass is 349 g/mol. The molecule has 4 aromatic rings. The SMILES string of the molecule is Cc1nc(Nc2nc(=O)[nH]c3ccccc23)c2c3c(sc2n1)CCC3. The van der Waals surface area contributed by atoms with Crippen LogP contribution >= 0.6 is 11.3 Å². The zero-order valence-electron chi connectivity index (χ0n) is 13.6. The van der Waals surface area contributed by atoms with Crippen LogP contribution in [-0.4, -0.2) is 19.9 Å². The van der Waals surface area contributed by atoms with E-state index in [1.54, 1.807) is 11.3 Å². The van der Waals surface area contributed by atoms with E-state index in [1.807, 2.05) is 31.2 Å². The first-order valence-electron chi connectivity index (χ1n) is 8.24. The van der Waals surface area contributed by atoms with Crippen molar-refractivity contribution in [2.24, 2.45) is 0 Å². The highest BCUT2D eigenvalue weighted by Gasteiger charge is 2.22. The Labute approximate surface area is 147 Å². The predicted molar refractivity (Wildman–Crippen MR) is 99.8 cm³/mol. The van der Waals surface area contributed by atoms with E-state index in [0.29, 0.717) is 11.6 Å². The second-order valence-electron chi connectivity index (χ2n) is 6.22. The third kappa shape index (κ3) is 2.31. The van der Waals surface area contributed by atoms with Gasteiger partial charge in [-0.15, -0.1) is 11.3 Å². The Kier molecular flexibility index (Phi) is 3.11. The van der Waals surface area contributed by atoms with E-state index in [2.05, 4.69) is 25.3 Å². The van der Waals surface area contributed by atoms with Gasteiger partial charge in [0.2, 0.25) is 0 Å². The fourth-order valence-corrected chi connectivity index (χ4v) is 4.81. The number of H-pyrrole nitrogens is 1. The van der Waals surface area contributed by atoms with Crippen LogP contribution in [0.4, 0.5) is 11.6 Å². The molecule has 124 valence electrons. The van der Waals surface area contributed by atoms with Gasteiger partial charge in [0.1, 0.15) is 22.3 Å². The van der Waals surface area contributed by atoms with Crippen molar-refractivity contribution >= 4 is 44.1 Å². The Morgan fingerprint density at radius 1 is 1.12 bits per heavy atom. The lowest BCUT2D eigenvalue weighted by molar-refractivity contribution is 0.917. The van der Waals surface area contributed by atoms with Crippen LogP contribution in [0.5, 0.6) is 0 Å². The molecule has 0 atom stereocenters. The van der Waals surface area contributed by atoms with Crippen LogP contribution in [0.1, 0.15) is 22.7 Å². The van der Waals surface area contributed by atoms with Crippen LogP contribution < -0.4 is 11.0 Å². The van der Waals surface area contributed by atoms with Crippen LogP contribution in [0.15, 0.2) is 29.1 Å². The Hall–Kier alpha value is -2.80. The number of nitrogens with zero attached hydrogens (tertiary/aromatic N) is 3. The summed E-state index contributed by atoms with van der Waals surface area (Å²) in [6.07, 6.45) is 3.34. The number of aryl methyl sites for hydroxylation is 3. The quantitative estimate of drug-likeness (QED) is 0.579. The second-order valence-corrected chi connectivity index (χ2v) is 7.30. The Morgan fingerprint density at radius 2 is 2.00 bits per heavy atom. The minimum atomic E-state index is -0.376. The molecule has 1 aliphatic rings. The summed E-state index contributed by atoms with van der Waals surface area (Å²) in [4.78, 5) is 30.4. The van der Waals surface area contributed by atoms with Crippen LogP contribution in [0.3, 0.4) is 0 Å². The summed E-state index contributed by atoms with van der Waals surface area (Å²) in [5.74, 6) is 1.98. The molecular weight excluding hydrogens is 334 g/mol. The van der Waals surface area contributed by atoms with Crippen molar-refractivity contribution in [2.75, 3.05) is 5.32 Å². The summed E-state index contributed by atoms with van der Waals surface area (Å²) in [7, 11) is 0. The van der Waals surface area contributed by atoms with Gasteiger partial charge < -0.3 is 10.3 Å². The lowest BCUT2D eigenvalue weighted by Crippen LogP contribution is -2.13. The molecule has 0 bridgehead atoms. The fourth-order valence-electron chi connectivity index (χ4n) is 3.50. The minimum Gasteiger partial charge on any atom is -0.324 e. The summed E-state index contributed by atoms with van der Waals surface area (Å²) in [5.41, 5.74) is 1.72.